The number of nitrogens with zero attached hydrogens (tertiary/aromatic N) is 2. The fraction of sp³-hybridized carbons (Fsp3) is 0.0556. The Labute approximate surface area is 143 Å². The van der Waals surface area contributed by atoms with E-state index in [0.717, 1.165) is 0 Å². The maximum absolute atomic E-state index is 12.3. The second kappa shape index (κ2) is 5.88. The van der Waals surface area contributed by atoms with Gasteiger partial charge >= 0.3 is 17.8 Å². The van der Waals surface area contributed by atoms with Gasteiger partial charge in [0.1, 0.15) is 0 Å². The van der Waals surface area contributed by atoms with Crippen LogP contribution in [0.5, 0.6) is 0 Å². The molecule has 0 amide bonds. The topological polar surface area (TPSA) is 70.9 Å². The number of hydrogen-bond donors (Lipinski definition) is 1. The van der Waals surface area contributed by atoms with Gasteiger partial charge in [0.15, 0.2) is 0 Å². The maximum atomic E-state index is 12.3. The van der Waals surface area contributed by atoms with E-state index in [9.17, 15) is 9.59 Å². The van der Waals surface area contributed by atoms with Crippen LogP contribution in [0.1, 0.15) is 6.92 Å². The molecule has 2 aliphatic heterocycles. The minimum Gasteiger partial charge on any atom is -0.361 e. The highest BCUT2D eigenvalue weighted by atomic mass is 16.7. The molecule has 2 aromatic carbocycles. The van der Waals surface area contributed by atoms with Gasteiger partial charge in [-0.05, 0) is 12.1 Å². The van der Waals surface area contributed by atoms with Crippen LogP contribution in [0.4, 0.5) is 11.4 Å². The van der Waals surface area contributed by atoms with E-state index in [1.165, 1.54) is 5.01 Å². The van der Waals surface area contributed by atoms with Crippen LogP contribution in [-0.4, -0.2) is 22.2 Å². The molecule has 2 heterocycles. The molecule has 7 heteroatoms. The third-order valence-corrected chi connectivity index (χ3v) is 3.90. The van der Waals surface area contributed by atoms with E-state index in [4.69, 9.17) is 9.57 Å². The van der Waals surface area contributed by atoms with Crippen LogP contribution in [0.3, 0.4) is 0 Å². The largest absolute Gasteiger partial charge is 0.416 e. The molecule has 1 N–H and O–H groups in total. The summed E-state index contributed by atoms with van der Waals surface area (Å²) in [5.41, 5.74) is 4.39. The van der Waals surface area contributed by atoms with Gasteiger partial charge in [0, 0.05) is 19.1 Å². The standard InChI is InChI=1S/C18H13N3O4/c1-12-17(22)24-16(20(12)13-8-4-2-5-9-13)15-18(23)25-19-21(15)14-10-6-3-7-11-14/h2-11H,1H3/p+1/b16-15-. The molecule has 0 atom stereocenters. The third-order valence-electron chi connectivity index (χ3n) is 3.90. The zero-order valence-corrected chi connectivity index (χ0v) is 13.3. The number of rotatable bonds is 2. The molecule has 0 aromatic heterocycles. The molecule has 0 spiro atoms. The predicted molar refractivity (Wildman–Crippen MR) is 88.3 cm³/mol. The maximum Gasteiger partial charge on any atom is 0.416 e. The van der Waals surface area contributed by atoms with Crippen molar-refractivity contribution in [2.24, 2.45) is 0 Å². The highest BCUT2D eigenvalue weighted by Gasteiger charge is 2.47. The first kappa shape index (κ1) is 15.1. The number of para-hydroxylation sites is 2. The van der Waals surface area contributed by atoms with Crippen molar-refractivity contribution in [2.75, 3.05) is 5.01 Å². The first-order valence-corrected chi connectivity index (χ1v) is 7.64. The smallest absolute Gasteiger partial charge is 0.361 e. The van der Waals surface area contributed by atoms with Crippen molar-refractivity contribution in [3.63, 3.8) is 0 Å². The van der Waals surface area contributed by atoms with Crippen molar-refractivity contribution in [3.8, 4) is 0 Å². The van der Waals surface area contributed by atoms with E-state index in [1.807, 2.05) is 48.5 Å². The Morgan fingerprint density at radius 2 is 1.56 bits per heavy atom. The van der Waals surface area contributed by atoms with Gasteiger partial charge in [0.25, 0.3) is 11.4 Å². The second-order valence-electron chi connectivity index (χ2n) is 5.45. The van der Waals surface area contributed by atoms with Crippen LogP contribution >= 0.6 is 0 Å². The number of benzene rings is 2. The average molecular weight is 336 g/mol. The van der Waals surface area contributed by atoms with Crippen LogP contribution in [0.2, 0.25) is 0 Å². The fourth-order valence-corrected chi connectivity index (χ4v) is 2.71. The summed E-state index contributed by atoms with van der Waals surface area (Å²) in [6.45, 7) is 1.64. The van der Waals surface area contributed by atoms with Crippen LogP contribution < -0.4 is 10.6 Å². The summed E-state index contributed by atoms with van der Waals surface area (Å²) in [4.78, 5) is 29.4. The van der Waals surface area contributed by atoms with Crippen molar-refractivity contribution in [1.29, 1.82) is 0 Å². The van der Waals surface area contributed by atoms with Gasteiger partial charge < -0.3 is 9.57 Å². The van der Waals surface area contributed by atoms with Crippen LogP contribution in [0.15, 0.2) is 72.2 Å². The van der Waals surface area contributed by atoms with Crippen molar-refractivity contribution in [1.82, 2.24) is 5.59 Å². The number of anilines is 1. The van der Waals surface area contributed by atoms with E-state index in [2.05, 4.69) is 5.59 Å². The first-order chi connectivity index (χ1) is 12.2. The van der Waals surface area contributed by atoms with E-state index in [0.29, 0.717) is 17.1 Å². The lowest BCUT2D eigenvalue weighted by Gasteiger charge is -2.14. The Morgan fingerprint density at radius 1 is 0.920 bits per heavy atom. The average Bonchev–Trinajstić information content (AvgIpc) is 3.16. The Hall–Kier alpha value is -3.45. The molecule has 7 nitrogen and oxygen atoms in total. The summed E-state index contributed by atoms with van der Waals surface area (Å²) in [6, 6.07) is 18.3. The summed E-state index contributed by atoms with van der Waals surface area (Å²) >= 11 is 0. The number of cyclic esters (lactones) is 1. The van der Waals surface area contributed by atoms with E-state index in [1.54, 1.807) is 23.6 Å². The number of carbonyl (C=O) groups excluding carboxylic acids is 2. The number of esters is 1. The summed E-state index contributed by atoms with van der Waals surface area (Å²) in [5, 5.41) is 1.44. The van der Waals surface area contributed by atoms with Crippen molar-refractivity contribution >= 4 is 29.0 Å². The molecule has 1 fully saturated rings. The monoisotopic (exact) mass is 336 g/mol. The molecule has 0 bridgehead atoms. The van der Waals surface area contributed by atoms with Gasteiger partial charge in [-0.25, -0.2) is 14.6 Å². The SMILES string of the molecule is CC1=[N+](c2ccccc2)/C(=C2\C(=O)ONN2c2ccccc2)OC1=O. The minimum absolute atomic E-state index is 0.0975. The predicted octanol–water partition coefficient (Wildman–Crippen LogP) is 2.00. The lowest BCUT2D eigenvalue weighted by molar-refractivity contribution is -0.406. The highest BCUT2D eigenvalue weighted by Crippen LogP contribution is 2.30. The minimum atomic E-state index is -0.637. The molecular formula is C18H14N3O4+. The van der Waals surface area contributed by atoms with E-state index < -0.39 is 11.9 Å². The summed E-state index contributed by atoms with van der Waals surface area (Å²) in [5.74, 6) is -1.05. The molecular weight excluding hydrogens is 322 g/mol. The quantitative estimate of drug-likeness (QED) is 0.514. The molecule has 1 saturated heterocycles. The Morgan fingerprint density at radius 3 is 2.24 bits per heavy atom. The number of nitrogens with one attached hydrogen (secondary N) is 1. The number of carbonyl (C=O) groups is 2. The molecule has 25 heavy (non-hydrogen) atoms. The van der Waals surface area contributed by atoms with Gasteiger partial charge in [0.2, 0.25) is 5.69 Å². The van der Waals surface area contributed by atoms with Crippen molar-refractivity contribution in [3.05, 3.63) is 72.2 Å². The van der Waals surface area contributed by atoms with Crippen LogP contribution in [0.25, 0.3) is 0 Å². The Bertz CT molecular complexity index is 920. The Balaban J connectivity index is 1.90. The molecule has 2 aliphatic rings. The molecule has 124 valence electrons. The van der Waals surface area contributed by atoms with Gasteiger partial charge in [-0.15, -0.1) is 4.58 Å². The number of hydrogen-bond acceptors (Lipinski definition) is 6. The lowest BCUT2D eigenvalue weighted by atomic mass is 10.2. The first-order valence-electron chi connectivity index (χ1n) is 7.64. The summed E-state index contributed by atoms with van der Waals surface area (Å²) < 4.78 is 6.99. The molecule has 0 aliphatic carbocycles. The molecule has 0 unspecified atom stereocenters. The highest BCUT2D eigenvalue weighted by molar-refractivity contribution is 6.34. The van der Waals surface area contributed by atoms with Crippen molar-refractivity contribution < 1.29 is 23.7 Å². The normalized spacial score (nSPS) is 20.1. The van der Waals surface area contributed by atoms with E-state index >= 15 is 0 Å². The van der Waals surface area contributed by atoms with Crippen LogP contribution in [-0.2, 0) is 19.2 Å². The number of ether oxygens (including phenoxy) is 1. The Kier molecular flexibility index (Phi) is 3.55. The molecule has 0 radical (unpaired) electrons. The third kappa shape index (κ3) is 2.47. The van der Waals surface area contributed by atoms with Gasteiger partial charge in [-0.3, -0.25) is 0 Å². The lowest BCUT2D eigenvalue weighted by Crippen LogP contribution is -2.30. The molecule has 0 saturated carbocycles. The van der Waals surface area contributed by atoms with Crippen molar-refractivity contribution in [2.45, 2.75) is 6.92 Å². The zero-order valence-electron chi connectivity index (χ0n) is 13.3. The summed E-state index contributed by atoms with van der Waals surface area (Å²) in [6.07, 6.45) is 0. The number of hydrazine groups is 1. The summed E-state index contributed by atoms with van der Waals surface area (Å²) in [7, 11) is 0. The van der Waals surface area contributed by atoms with Crippen LogP contribution in [0, 0.1) is 0 Å². The van der Waals surface area contributed by atoms with Gasteiger partial charge in [-0.1, -0.05) is 42.0 Å². The molecule has 4 rings (SSSR count). The van der Waals surface area contributed by atoms with Gasteiger partial charge in [0.05, 0.1) is 5.69 Å². The zero-order chi connectivity index (χ0) is 17.4. The molecule has 2 aromatic rings. The second-order valence-corrected chi connectivity index (χ2v) is 5.45. The van der Waals surface area contributed by atoms with E-state index in [-0.39, 0.29) is 11.6 Å². The fourth-order valence-electron chi connectivity index (χ4n) is 2.71. The van der Waals surface area contributed by atoms with Gasteiger partial charge in [-0.2, -0.15) is 0 Å².